The number of phenols is 1. The van der Waals surface area contributed by atoms with Crippen LogP contribution in [0.1, 0.15) is 27.0 Å². The molecule has 4 N–H and O–H groups in total. The van der Waals surface area contributed by atoms with E-state index in [2.05, 4.69) is 0 Å². The van der Waals surface area contributed by atoms with Gasteiger partial charge in [-0.1, -0.05) is 23.2 Å². The van der Waals surface area contributed by atoms with Crippen LogP contribution in [0.5, 0.6) is 11.5 Å². The van der Waals surface area contributed by atoms with Crippen molar-refractivity contribution in [3.63, 3.8) is 0 Å². The molecule has 5 nitrogen and oxygen atoms in total. The monoisotopic (exact) mass is 367 g/mol. The topological polar surface area (TPSA) is 92.8 Å². The zero-order valence-electron chi connectivity index (χ0n) is 12.6. The van der Waals surface area contributed by atoms with Crippen LogP contribution >= 0.6 is 23.2 Å². The van der Waals surface area contributed by atoms with Gasteiger partial charge in [0.1, 0.15) is 22.6 Å². The summed E-state index contributed by atoms with van der Waals surface area (Å²) >= 11 is 12.5. The molecule has 1 aliphatic heterocycles. The number of aromatic hydroxyl groups is 1. The van der Waals surface area contributed by atoms with Crippen molar-refractivity contribution in [3.05, 3.63) is 56.6 Å². The molecule has 0 fully saturated rings. The third kappa shape index (κ3) is 2.84. The van der Waals surface area contributed by atoms with Gasteiger partial charge < -0.3 is 20.7 Å². The van der Waals surface area contributed by atoms with E-state index in [9.17, 15) is 15.0 Å². The maximum Gasteiger partial charge on any atom is 0.194 e. The Kier molecular flexibility index (Phi) is 4.69. The molecule has 0 aromatic heterocycles. The standard InChI is InChI=1S/C17H15Cl2NO4/c18-14-12(5-9-4-11(7-21)24-17(9)15(14)19)16(23)8-1-2-13(22)10(3-8)6-20/h1-3,5,11,21-22H,4,6-7,20H2. The van der Waals surface area contributed by atoms with Gasteiger partial charge in [-0.05, 0) is 24.3 Å². The second kappa shape index (κ2) is 6.61. The van der Waals surface area contributed by atoms with Crippen molar-refractivity contribution in [1.82, 2.24) is 0 Å². The molecule has 2 aromatic carbocycles. The molecule has 0 spiro atoms. The first-order valence-corrected chi connectivity index (χ1v) is 8.06. The number of rotatable bonds is 4. The van der Waals surface area contributed by atoms with Crippen LogP contribution < -0.4 is 10.5 Å². The number of benzene rings is 2. The number of nitrogens with two attached hydrogens (primary N) is 1. The summed E-state index contributed by atoms with van der Waals surface area (Å²) in [6.07, 6.45) is 0.0588. The number of halogens is 2. The van der Waals surface area contributed by atoms with Crippen molar-refractivity contribution in [2.24, 2.45) is 5.73 Å². The van der Waals surface area contributed by atoms with Crippen LogP contribution in [-0.2, 0) is 13.0 Å². The van der Waals surface area contributed by atoms with Gasteiger partial charge in [-0.2, -0.15) is 0 Å². The number of hydrogen-bond donors (Lipinski definition) is 3. The Bertz CT molecular complexity index is 823. The first-order valence-electron chi connectivity index (χ1n) is 7.31. The van der Waals surface area contributed by atoms with Crippen molar-refractivity contribution in [1.29, 1.82) is 0 Å². The van der Waals surface area contributed by atoms with Crippen molar-refractivity contribution in [2.75, 3.05) is 6.61 Å². The van der Waals surface area contributed by atoms with E-state index in [1.54, 1.807) is 6.07 Å². The normalized spacial score (nSPS) is 15.9. The highest BCUT2D eigenvalue weighted by atomic mass is 35.5. The number of phenolic OH excluding ortho intramolecular Hbond substituents is 1. The third-order valence-corrected chi connectivity index (χ3v) is 4.83. The molecule has 126 valence electrons. The molecule has 1 aliphatic rings. The number of carbonyl (C=O) groups is 1. The summed E-state index contributed by atoms with van der Waals surface area (Å²) in [4.78, 5) is 12.8. The van der Waals surface area contributed by atoms with Crippen LogP contribution in [0, 0.1) is 0 Å². The van der Waals surface area contributed by atoms with Crippen LogP contribution in [0.3, 0.4) is 0 Å². The first kappa shape index (κ1) is 17.0. The molecule has 3 rings (SSSR count). The molecule has 0 amide bonds. The largest absolute Gasteiger partial charge is 0.508 e. The van der Waals surface area contributed by atoms with E-state index in [0.29, 0.717) is 23.3 Å². The molecule has 1 atom stereocenters. The highest BCUT2D eigenvalue weighted by Crippen LogP contribution is 2.43. The second-order valence-corrected chi connectivity index (χ2v) is 6.30. The fourth-order valence-electron chi connectivity index (χ4n) is 2.71. The lowest BCUT2D eigenvalue weighted by Crippen LogP contribution is -2.17. The van der Waals surface area contributed by atoms with E-state index in [-0.39, 0.29) is 40.3 Å². The minimum absolute atomic E-state index is 0.0336. The molecule has 24 heavy (non-hydrogen) atoms. The van der Waals surface area contributed by atoms with Crippen molar-refractivity contribution in [2.45, 2.75) is 19.1 Å². The van der Waals surface area contributed by atoms with Crippen molar-refractivity contribution in [3.8, 4) is 11.5 Å². The van der Waals surface area contributed by atoms with Crippen LogP contribution in [0.15, 0.2) is 24.3 Å². The number of ether oxygens (including phenoxy) is 1. The number of aliphatic hydroxyl groups excluding tert-OH is 1. The number of fused-ring (bicyclic) bond motifs is 1. The van der Waals surface area contributed by atoms with E-state index >= 15 is 0 Å². The summed E-state index contributed by atoms with van der Waals surface area (Å²) < 4.78 is 5.53. The van der Waals surface area contributed by atoms with Crippen LogP contribution in [0.4, 0.5) is 0 Å². The molecule has 1 heterocycles. The van der Waals surface area contributed by atoms with E-state index in [1.165, 1.54) is 18.2 Å². The van der Waals surface area contributed by atoms with Crippen molar-refractivity contribution >= 4 is 29.0 Å². The molecule has 0 saturated heterocycles. The molecular formula is C17H15Cl2NO4. The van der Waals surface area contributed by atoms with Gasteiger partial charge in [-0.15, -0.1) is 0 Å². The predicted molar refractivity (Wildman–Crippen MR) is 91.1 cm³/mol. The zero-order valence-corrected chi connectivity index (χ0v) is 14.1. The Labute approximate surface area is 148 Å². The zero-order chi connectivity index (χ0) is 17.4. The highest BCUT2D eigenvalue weighted by molar-refractivity contribution is 6.45. The third-order valence-electron chi connectivity index (χ3n) is 3.98. The molecule has 0 bridgehead atoms. The van der Waals surface area contributed by atoms with Gasteiger partial charge in [-0.25, -0.2) is 0 Å². The highest BCUT2D eigenvalue weighted by Gasteiger charge is 2.29. The summed E-state index contributed by atoms with van der Waals surface area (Å²) in [5, 5.41) is 19.2. The average Bonchev–Trinajstić information content (AvgIpc) is 3.01. The van der Waals surface area contributed by atoms with Gasteiger partial charge in [0.15, 0.2) is 5.78 Å². The van der Waals surface area contributed by atoms with Crippen LogP contribution in [0.2, 0.25) is 10.0 Å². The average molecular weight is 368 g/mol. The summed E-state index contributed by atoms with van der Waals surface area (Å²) in [5.74, 6) is 0.115. The maximum absolute atomic E-state index is 12.8. The lowest BCUT2D eigenvalue weighted by Gasteiger charge is -2.11. The minimum Gasteiger partial charge on any atom is -0.508 e. The smallest absolute Gasteiger partial charge is 0.194 e. The van der Waals surface area contributed by atoms with Gasteiger partial charge in [0.25, 0.3) is 0 Å². The lowest BCUT2D eigenvalue weighted by atomic mass is 9.98. The summed E-state index contributed by atoms with van der Waals surface area (Å²) in [5.41, 5.74) is 7.35. The molecule has 0 aliphatic carbocycles. The Hall–Kier alpha value is -1.79. The van der Waals surface area contributed by atoms with Gasteiger partial charge in [0.2, 0.25) is 0 Å². The fourth-order valence-corrected chi connectivity index (χ4v) is 3.20. The Morgan fingerprint density at radius 2 is 2.04 bits per heavy atom. The van der Waals surface area contributed by atoms with E-state index in [4.69, 9.17) is 33.7 Å². The fraction of sp³-hybridized carbons (Fsp3) is 0.235. The molecule has 0 radical (unpaired) electrons. The molecule has 1 unspecified atom stereocenters. The minimum atomic E-state index is -0.392. The van der Waals surface area contributed by atoms with E-state index in [0.717, 1.165) is 5.56 Å². The number of carbonyl (C=O) groups excluding carboxylic acids is 1. The first-order chi connectivity index (χ1) is 11.5. The molecule has 0 saturated carbocycles. The van der Waals surface area contributed by atoms with E-state index < -0.39 is 6.10 Å². The molecule has 2 aromatic rings. The van der Waals surface area contributed by atoms with Gasteiger partial charge >= 0.3 is 0 Å². The van der Waals surface area contributed by atoms with Gasteiger partial charge in [0, 0.05) is 35.2 Å². The SMILES string of the molecule is NCc1cc(C(=O)c2cc3c(c(Cl)c2Cl)OC(CO)C3)ccc1O. The Morgan fingerprint density at radius 1 is 1.29 bits per heavy atom. The number of hydrogen-bond acceptors (Lipinski definition) is 5. The Balaban J connectivity index is 2.04. The summed E-state index contributed by atoms with van der Waals surface area (Å²) in [7, 11) is 0. The second-order valence-electron chi connectivity index (χ2n) is 5.54. The summed E-state index contributed by atoms with van der Waals surface area (Å²) in [6, 6.07) is 6.09. The lowest BCUT2D eigenvalue weighted by molar-refractivity contribution is 0.103. The predicted octanol–water partition coefficient (Wildman–Crippen LogP) is 2.68. The van der Waals surface area contributed by atoms with Gasteiger partial charge in [-0.3, -0.25) is 4.79 Å². The van der Waals surface area contributed by atoms with Crippen LogP contribution in [-0.4, -0.2) is 28.7 Å². The van der Waals surface area contributed by atoms with Gasteiger partial charge in [0.05, 0.1) is 11.6 Å². The number of ketones is 1. The Morgan fingerprint density at radius 3 is 2.71 bits per heavy atom. The maximum atomic E-state index is 12.8. The quantitative estimate of drug-likeness (QED) is 0.722. The number of aliphatic hydroxyl groups is 1. The molecular weight excluding hydrogens is 353 g/mol. The summed E-state index contributed by atoms with van der Waals surface area (Å²) in [6.45, 7) is -0.0403. The van der Waals surface area contributed by atoms with Crippen LogP contribution in [0.25, 0.3) is 0 Å². The molecule has 7 heteroatoms. The van der Waals surface area contributed by atoms with Crippen molar-refractivity contribution < 1.29 is 19.7 Å². The van der Waals surface area contributed by atoms with E-state index in [1.807, 2.05) is 0 Å².